The first-order valence-electron chi connectivity index (χ1n) is 10.3. The van der Waals surface area contributed by atoms with Gasteiger partial charge in [0.1, 0.15) is 12.2 Å². The number of hydrogen-bond donors (Lipinski definition) is 1. The minimum Gasteiger partial charge on any atom is -0.490 e. The van der Waals surface area contributed by atoms with Crippen LogP contribution in [0.5, 0.6) is 11.5 Å². The van der Waals surface area contributed by atoms with Crippen LogP contribution >= 0.6 is 47.8 Å². The number of halogens is 3. The Morgan fingerprint density at radius 1 is 1.03 bits per heavy atom. The van der Waals surface area contributed by atoms with Crippen molar-refractivity contribution in [2.75, 3.05) is 6.61 Å². The lowest BCUT2D eigenvalue weighted by Gasteiger charge is -2.14. The van der Waals surface area contributed by atoms with E-state index in [0.717, 1.165) is 29.9 Å². The first-order chi connectivity index (χ1) is 16.4. The minimum atomic E-state index is -0.456. The second-order valence-corrected chi connectivity index (χ2v) is 9.78. The summed E-state index contributed by atoms with van der Waals surface area (Å²) in [7, 11) is 0. The van der Waals surface area contributed by atoms with Gasteiger partial charge in [-0.25, -0.2) is 5.43 Å². The first-order valence-corrected chi connectivity index (χ1v) is 12.7. The Morgan fingerprint density at radius 3 is 2.59 bits per heavy atom. The van der Waals surface area contributed by atoms with E-state index in [1.807, 2.05) is 55.5 Å². The number of nitrogens with zero attached hydrogens (tertiary/aromatic N) is 1. The molecule has 0 unspecified atom stereocenters. The molecule has 0 fully saturated rings. The predicted molar refractivity (Wildman–Crippen MR) is 143 cm³/mol. The van der Waals surface area contributed by atoms with Crippen LogP contribution in [0.4, 0.5) is 0 Å². The number of hydrazone groups is 1. The van der Waals surface area contributed by atoms with Crippen molar-refractivity contribution in [1.29, 1.82) is 0 Å². The van der Waals surface area contributed by atoms with E-state index in [9.17, 15) is 4.79 Å². The summed E-state index contributed by atoms with van der Waals surface area (Å²) in [6.07, 6.45) is 1.53. The summed E-state index contributed by atoms with van der Waals surface area (Å²) in [6, 6.07) is 18.9. The van der Waals surface area contributed by atoms with Crippen LogP contribution in [0.2, 0.25) is 0 Å². The number of carbonyl (C=O) groups is 1. The van der Waals surface area contributed by atoms with Gasteiger partial charge in [-0.05, 0) is 80.2 Å². The van der Waals surface area contributed by atoms with Crippen LogP contribution in [-0.2, 0) is 6.61 Å². The summed E-state index contributed by atoms with van der Waals surface area (Å²) in [4.78, 5) is 12.5. The average Bonchev–Trinajstić information content (AvgIpc) is 3.24. The zero-order valence-corrected chi connectivity index (χ0v) is 22.7. The average molecular weight is 651 g/mol. The van der Waals surface area contributed by atoms with Gasteiger partial charge >= 0.3 is 5.91 Å². The third-order valence-electron chi connectivity index (χ3n) is 4.70. The lowest BCUT2D eigenvalue weighted by molar-refractivity contribution is 0.0929. The number of benzene rings is 3. The molecule has 1 N–H and O–H groups in total. The predicted octanol–water partition coefficient (Wildman–Crippen LogP) is 7.46. The third kappa shape index (κ3) is 5.89. The molecule has 0 saturated carbocycles. The number of carbonyl (C=O) groups excluding carboxylic acids is 1. The summed E-state index contributed by atoms with van der Waals surface area (Å²) in [6.45, 7) is 2.79. The fourth-order valence-corrected chi connectivity index (χ4v) is 5.12. The number of ether oxygens (including phenoxy) is 2. The molecule has 174 valence electrons. The Balaban J connectivity index is 1.48. The molecule has 0 radical (unpaired) electrons. The van der Waals surface area contributed by atoms with Crippen molar-refractivity contribution in [2.24, 2.45) is 5.10 Å². The van der Waals surface area contributed by atoms with Gasteiger partial charge < -0.3 is 13.9 Å². The molecule has 0 spiro atoms. The van der Waals surface area contributed by atoms with Gasteiger partial charge in [0, 0.05) is 9.86 Å². The van der Waals surface area contributed by atoms with Gasteiger partial charge in [0.25, 0.3) is 0 Å². The normalized spacial score (nSPS) is 11.2. The molecule has 9 heteroatoms. The van der Waals surface area contributed by atoms with E-state index in [-0.39, 0.29) is 5.76 Å². The smallest absolute Gasteiger partial charge is 0.307 e. The van der Waals surface area contributed by atoms with Gasteiger partial charge in [0.2, 0.25) is 0 Å². The molecule has 1 heterocycles. The monoisotopic (exact) mass is 648 g/mol. The second kappa shape index (κ2) is 11.2. The van der Waals surface area contributed by atoms with Crippen molar-refractivity contribution in [2.45, 2.75) is 13.5 Å². The topological polar surface area (TPSA) is 73.1 Å². The molecule has 0 aliphatic heterocycles. The first kappa shape index (κ1) is 24.5. The summed E-state index contributed by atoms with van der Waals surface area (Å²) in [5.74, 6) is 0.883. The van der Waals surface area contributed by atoms with Crippen LogP contribution in [0, 0.1) is 0 Å². The van der Waals surface area contributed by atoms with Crippen molar-refractivity contribution in [3.05, 3.63) is 91.0 Å². The highest BCUT2D eigenvalue weighted by atomic mass is 79.9. The number of nitrogens with one attached hydrogen (secondary N) is 1. The van der Waals surface area contributed by atoms with Crippen molar-refractivity contribution in [3.63, 3.8) is 0 Å². The van der Waals surface area contributed by atoms with E-state index in [1.165, 1.54) is 6.21 Å². The quantitative estimate of drug-likeness (QED) is 0.159. The molecule has 0 atom stereocenters. The molecule has 3 aromatic carbocycles. The summed E-state index contributed by atoms with van der Waals surface area (Å²) >= 11 is 10.4. The van der Waals surface area contributed by atoms with Crippen LogP contribution in [0.15, 0.2) is 83.6 Å². The fourth-order valence-electron chi connectivity index (χ4n) is 3.20. The Kier molecular flexibility index (Phi) is 8.07. The third-order valence-corrected chi connectivity index (χ3v) is 6.33. The molecule has 0 bridgehead atoms. The number of furan rings is 1. The maximum absolute atomic E-state index is 12.5. The van der Waals surface area contributed by atoms with E-state index in [2.05, 4.69) is 58.3 Å². The minimum absolute atomic E-state index is 0.159. The van der Waals surface area contributed by atoms with Gasteiger partial charge in [-0.1, -0.05) is 46.3 Å². The Hall–Kier alpha value is -2.62. The molecule has 6 nitrogen and oxygen atoms in total. The molecular formula is C25H19Br3N2O4. The molecule has 1 aromatic heterocycles. The van der Waals surface area contributed by atoms with Crippen molar-refractivity contribution < 1.29 is 18.7 Å². The number of amides is 1. The van der Waals surface area contributed by atoms with E-state index in [1.54, 1.807) is 12.1 Å². The highest BCUT2D eigenvalue weighted by Crippen LogP contribution is 2.37. The summed E-state index contributed by atoms with van der Waals surface area (Å²) < 4.78 is 19.8. The maximum Gasteiger partial charge on any atom is 0.307 e. The van der Waals surface area contributed by atoms with E-state index >= 15 is 0 Å². The van der Waals surface area contributed by atoms with Crippen molar-refractivity contribution in [3.8, 4) is 11.5 Å². The summed E-state index contributed by atoms with van der Waals surface area (Å²) in [5.41, 5.74) is 4.86. The lowest BCUT2D eigenvalue weighted by atomic mass is 10.2. The molecule has 0 aliphatic carbocycles. The standard InChI is InChI=1S/C25H19Br3N2O4/c1-2-32-21-9-16(8-19(27)24(21)33-14-15-6-4-3-5-7-15)13-29-30-25(31)22-11-17-10-18(26)12-20(28)23(17)34-22/h3-13H,2,14H2,1H3,(H,30,31)/b29-13-. The fraction of sp³-hybridized carbons (Fsp3) is 0.120. The van der Waals surface area contributed by atoms with Gasteiger partial charge in [-0.2, -0.15) is 5.10 Å². The number of fused-ring (bicyclic) bond motifs is 1. The van der Waals surface area contributed by atoms with E-state index in [0.29, 0.717) is 30.3 Å². The lowest BCUT2D eigenvalue weighted by Crippen LogP contribution is -2.16. The molecule has 34 heavy (non-hydrogen) atoms. The molecule has 0 saturated heterocycles. The maximum atomic E-state index is 12.5. The molecule has 4 rings (SSSR count). The van der Waals surface area contributed by atoms with Crippen LogP contribution in [0.1, 0.15) is 28.6 Å². The van der Waals surface area contributed by atoms with E-state index in [4.69, 9.17) is 13.9 Å². The zero-order valence-electron chi connectivity index (χ0n) is 18.0. The number of rotatable bonds is 8. The second-order valence-electron chi connectivity index (χ2n) is 7.15. The molecule has 0 aliphatic rings. The highest BCUT2D eigenvalue weighted by molar-refractivity contribution is 9.11. The Labute approximate surface area is 221 Å². The largest absolute Gasteiger partial charge is 0.490 e. The van der Waals surface area contributed by atoms with Crippen molar-refractivity contribution in [1.82, 2.24) is 5.43 Å². The highest BCUT2D eigenvalue weighted by Gasteiger charge is 2.15. The van der Waals surface area contributed by atoms with Gasteiger partial charge in [-0.3, -0.25) is 4.79 Å². The SMILES string of the molecule is CCOc1cc(/C=N\NC(=O)c2cc3cc(Br)cc(Br)c3o2)cc(Br)c1OCc1ccccc1. The van der Waals surface area contributed by atoms with Crippen molar-refractivity contribution >= 4 is 70.9 Å². The van der Waals surface area contributed by atoms with Crippen LogP contribution in [-0.4, -0.2) is 18.7 Å². The van der Waals surface area contributed by atoms with Crippen LogP contribution in [0.25, 0.3) is 11.0 Å². The van der Waals surface area contributed by atoms with Gasteiger partial charge in [-0.15, -0.1) is 0 Å². The van der Waals surface area contributed by atoms with E-state index < -0.39 is 5.91 Å². The zero-order chi connectivity index (χ0) is 24.1. The van der Waals surface area contributed by atoms with Crippen LogP contribution < -0.4 is 14.9 Å². The Morgan fingerprint density at radius 2 is 1.82 bits per heavy atom. The van der Waals surface area contributed by atoms with Crippen LogP contribution in [0.3, 0.4) is 0 Å². The molecule has 1 amide bonds. The van der Waals surface area contributed by atoms with Gasteiger partial charge in [0.15, 0.2) is 17.3 Å². The molecule has 4 aromatic rings. The number of hydrogen-bond acceptors (Lipinski definition) is 5. The Bertz CT molecular complexity index is 1350. The van der Waals surface area contributed by atoms with Gasteiger partial charge in [0.05, 0.1) is 21.8 Å². The molecular weight excluding hydrogens is 632 g/mol. The summed E-state index contributed by atoms with van der Waals surface area (Å²) in [5, 5.41) is 4.87.